The van der Waals surface area contributed by atoms with E-state index in [0.717, 1.165) is 4.31 Å². The van der Waals surface area contributed by atoms with Crippen LogP contribution in [0.4, 0.5) is 0 Å². The van der Waals surface area contributed by atoms with Gasteiger partial charge in [-0.25, -0.2) is 17.5 Å². The summed E-state index contributed by atoms with van der Waals surface area (Å²) >= 11 is 0. The molecule has 0 unspecified atom stereocenters. The van der Waals surface area contributed by atoms with Crippen LogP contribution < -0.4 is 10.9 Å². The van der Waals surface area contributed by atoms with E-state index in [1.807, 2.05) is 0 Å². The summed E-state index contributed by atoms with van der Waals surface area (Å²) in [5.74, 6) is -2.16. The van der Waals surface area contributed by atoms with Crippen molar-refractivity contribution in [3.8, 4) is 0 Å². The first-order valence-corrected chi connectivity index (χ1v) is 9.95. The third-order valence-corrected chi connectivity index (χ3v) is 5.65. The van der Waals surface area contributed by atoms with Gasteiger partial charge in [-0.1, -0.05) is 24.3 Å². The highest BCUT2D eigenvalue weighted by molar-refractivity contribution is 7.89. The Hall–Kier alpha value is -3.24. The Balaban J connectivity index is 1.98. The van der Waals surface area contributed by atoms with E-state index in [2.05, 4.69) is 10.9 Å². The predicted octanol–water partition coefficient (Wildman–Crippen LogP) is 0.943. The third kappa shape index (κ3) is 5.62. The molecule has 0 heterocycles. The largest absolute Gasteiger partial charge is 0.449 e. The molecule has 154 valence electrons. The molecule has 2 aromatic carbocycles. The molecule has 0 radical (unpaired) electrons. The molecule has 0 spiro atoms. The van der Waals surface area contributed by atoms with Crippen LogP contribution in [0.3, 0.4) is 0 Å². The van der Waals surface area contributed by atoms with Crippen LogP contribution in [-0.4, -0.2) is 50.7 Å². The number of hydrazine groups is 1. The Morgan fingerprint density at radius 3 is 2.17 bits per heavy atom. The number of rotatable bonds is 6. The van der Waals surface area contributed by atoms with E-state index in [-0.39, 0.29) is 10.5 Å². The molecule has 29 heavy (non-hydrogen) atoms. The average Bonchev–Trinajstić information content (AvgIpc) is 2.72. The minimum atomic E-state index is -3.72. The van der Waals surface area contributed by atoms with Crippen molar-refractivity contribution in [1.82, 2.24) is 15.2 Å². The standard InChI is InChI=1S/C19H21N3O6S/c1-13(17(23)20-21-18(24)14-8-5-4-6-9-14)28-19(25)15-10-7-11-16(12-15)29(26,27)22(2)3/h4-13H,1-3H3,(H,20,23)(H,21,24)/t13-/m1/s1. The minimum Gasteiger partial charge on any atom is -0.449 e. The number of benzene rings is 2. The molecule has 1 atom stereocenters. The number of ether oxygens (including phenoxy) is 1. The van der Waals surface area contributed by atoms with Gasteiger partial charge in [0.2, 0.25) is 10.0 Å². The van der Waals surface area contributed by atoms with E-state index >= 15 is 0 Å². The first kappa shape index (κ1) is 22.1. The lowest BCUT2D eigenvalue weighted by atomic mass is 10.2. The molecule has 2 rings (SSSR count). The Morgan fingerprint density at radius 2 is 1.55 bits per heavy atom. The Labute approximate surface area is 168 Å². The van der Waals surface area contributed by atoms with Crippen LogP contribution in [0.25, 0.3) is 0 Å². The molecule has 2 aromatic rings. The molecule has 0 bridgehead atoms. The van der Waals surface area contributed by atoms with Crippen LogP contribution >= 0.6 is 0 Å². The fourth-order valence-corrected chi connectivity index (χ4v) is 3.11. The van der Waals surface area contributed by atoms with Gasteiger partial charge in [0.25, 0.3) is 11.8 Å². The van der Waals surface area contributed by atoms with Crippen molar-refractivity contribution < 1.29 is 27.5 Å². The molecule has 2 N–H and O–H groups in total. The normalized spacial score (nSPS) is 12.1. The molecule has 0 fully saturated rings. The maximum absolute atomic E-state index is 12.3. The zero-order valence-corrected chi connectivity index (χ0v) is 16.9. The highest BCUT2D eigenvalue weighted by atomic mass is 32.2. The highest BCUT2D eigenvalue weighted by Gasteiger charge is 2.22. The summed E-state index contributed by atoms with van der Waals surface area (Å²) in [6.07, 6.45) is -1.23. The molecule has 9 nitrogen and oxygen atoms in total. The van der Waals surface area contributed by atoms with E-state index in [0.29, 0.717) is 5.56 Å². The molecule has 0 aliphatic heterocycles. The van der Waals surface area contributed by atoms with Crippen LogP contribution in [0.5, 0.6) is 0 Å². The zero-order valence-electron chi connectivity index (χ0n) is 16.1. The molecule has 0 aliphatic rings. The summed E-state index contributed by atoms with van der Waals surface area (Å²) in [7, 11) is -0.980. The number of hydrogen-bond donors (Lipinski definition) is 2. The fourth-order valence-electron chi connectivity index (χ4n) is 2.16. The van der Waals surface area contributed by atoms with E-state index in [9.17, 15) is 22.8 Å². The summed E-state index contributed by atoms with van der Waals surface area (Å²) in [4.78, 5) is 36.2. The fraction of sp³-hybridized carbons (Fsp3) is 0.211. The van der Waals surface area contributed by atoms with Crippen LogP contribution in [0.1, 0.15) is 27.6 Å². The Bertz CT molecular complexity index is 1010. The Morgan fingerprint density at radius 1 is 0.931 bits per heavy atom. The van der Waals surface area contributed by atoms with Crippen LogP contribution in [0, 0.1) is 0 Å². The quantitative estimate of drug-likeness (QED) is 0.531. The summed E-state index contributed by atoms with van der Waals surface area (Å²) in [5.41, 5.74) is 4.71. The van der Waals surface area contributed by atoms with E-state index in [1.54, 1.807) is 30.3 Å². The van der Waals surface area contributed by atoms with Crippen molar-refractivity contribution in [3.63, 3.8) is 0 Å². The van der Waals surface area contributed by atoms with Crippen molar-refractivity contribution >= 4 is 27.8 Å². The smallest absolute Gasteiger partial charge is 0.338 e. The first-order chi connectivity index (χ1) is 13.6. The SMILES string of the molecule is C[C@@H](OC(=O)c1cccc(S(=O)(=O)N(C)C)c1)C(=O)NNC(=O)c1ccccc1. The lowest BCUT2D eigenvalue weighted by Gasteiger charge is -2.15. The van der Waals surface area contributed by atoms with Crippen molar-refractivity contribution in [2.75, 3.05) is 14.1 Å². The maximum Gasteiger partial charge on any atom is 0.338 e. The topological polar surface area (TPSA) is 122 Å². The van der Waals surface area contributed by atoms with Gasteiger partial charge in [-0.3, -0.25) is 20.4 Å². The van der Waals surface area contributed by atoms with Crippen molar-refractivity contribution in [3.05, 3.63) is 65.7 Å². The second-order valence-corrected chi connectivity index (χ2v) is 8.32. The molecule has 0 saturated carbocycles. The molecular formula is C19H21N3O6S. The van der Waals surface area contributed by atoms with Crippen LogP contribution in [0.15, 0.2) is 59.5 Å². The number of carbonyl (C=O) groups is 3. The van der Waals surface area contributed by atoms with Gasteiger partial charge in [0.1, 0.15) is 0 Å². The van der Waals surface area contributed by atoms with Gasteiger partial charge in [-0.05, 0) is 37.3 Å². The first-order valence-electron chi connectivity index (χ1n) is 8.51. The van der Waals surface area contributed by atoms with Gasteiger partial charge < -0.3 is 4.74 Å². The van der Waals surface area contributed by atoms with E-state index in [4.69, 9.17) is 4.74 Å². The summed E-state index contributed by atoms with van der Waals surface area (Å²) in [6, 6.07) is 13.5. The predicted molar refractivity (Wildman–Crippen MR) is 104 cm³/mol. The molecule has 10 heteroatoms. The third-order valence-electron chi connectivity index (χ3n) is 3.84. The molecule has 0 aliphatic carbocycles. The van der Waals surface area contributed by atoms with Crippen LogP contribution in [0.2, 0.25) is 0 Å². The summed E-state index contributed by atoms with van der Waals surface area (Å²) in [5, 5.41) is 0. The van der Waals surface area contributed by atoms with Crippen molar-refractivity contribution in [2.24, 2.45) is 0 Å². The van der Waals surface area contributed by atoms with E-state index in [1.165, 1.54) is 45.3 Å². The van der Waals surface area contributed by atoms with Crippen molar-refractivity contribution in [2.45, 2.75) is 17.9 Å². The molecule has 2 amide bonds. The number of esters is 1. The molecule has 0 saturated heterocycles. The van der Waals surface area contributed by atoms with Gasteiger partial charge in [-0.15, -0.1) is 0 Å². The summed E-state index contributed by atoms with van der Waals surface area (Å²) in [6.45, 7) is 1.32. The van der Waals surface area contributed by atoms with Gasteiger partial charge in [0.15, 0.2) is 6.10 Å². The van der Waals surface area contributed by atoms with Crippen molar-refractivity contribution in [1.29, 1.82) is 0 Å². The maximum atomic E-state index is 12.3. The summed E-state index contributed by atoms with van der Waals surface area (Å²) < 4.78 is 30.4. The van der Waals surface area contributed by atoms with Gasteiger partial charge in [0, 0.05) is 19.7 Å². The van der Waals surface area contributed by atoms with E-state index < -0.39 is 33.9 Å². The zero-order chi connectivity index (χ0) is 21.6. The number of hydrogen-bond acceptors (Lipinski definition) is 6. The minimum absolute atomic E-state index is 0.0269. The average molecular weight is 419 g/mol. The Kier molecular flexibility index (Phi) is 7.08. The van der Waals surface area contributed by atoms with Gasteiger partial charge >= 0.3 is 5.97 Å². The number of nitrogens with one attached hydrogen (secondary N) is 2. The lowest BCUT2D eigenvalue weighted by molar-refractivity contribution is -0.129. The highest BCUT2D eigenvalue weighted by Crippen LogP contribution is 2.16. The lowest BCUT2D eigenvalue weighted by Crippen LogP contribution is -2.46. The second kappa shape index (κ2) is 9.30. The second-order valence-electron chi connectivity index (χ2n) is 6.17. The van der Waals surface area contributed by atoms with Gasteiger partial charge in [-0.2, -0.15) is 0 Å². The number of nitrogens with zero attached hydrogens (tertiary/aromatic N) is 1. The molecule has 0 aromatic heterocycles. The number of amides is 2. The number of sulfonamides is 1. The molecular weight excluding hydrogens is 398 g/mol. The number of carbonyl (C=O) groups excluding carboxylic acids is 3. The van der Waals surface area contributed by atoms with Gasteiger partial charge in [0.05, 0.1) is 10.5 Å². The van der Waals surface area contributed by atoms with Crippen LogP contribution in [-0.2, 0) is 19.6 Å². The monoisotopic (exact) mass is 419 g/mol.